The van der Waals surface area contributed by atoms with E-state index < -0.39 is 4.92 Å². The monoisotopic (exact) mass is 325 g/mol. The van der Waals surface area contributed by atoms with E-state index in [0.29, 0.717) is 16.7 Å². The predicted molar refractivity (Wildman–Crippen MR) is 73.1 cm³/mol. The van der Waals surface area contributed by atoms with Crippen LogP contribution in [-0.2, 0) is 6.42 Å². The molecule has 0 amide bonds. The maximum absolute atomic E-state index is 10.8. The molecule has 2 rings (SSSR count). The fraction of sp³-hybridized carbons (Fsp3) is 0.273. The predicted octanol–water partition coefficient (Wildman–Crippen LogP) is 1.83. The molecule has 8 heteroatoms. The van der Waals surface area contributed by atoms with Crippen LogP contribution in [-0.4, -0.2) is 26.5 Å². The Balaban J connectivity index is 2.32. The van der Waals surface area contributed by atoms with Gasteiger partial charge in [0.2, 0.25) is 0 Å². The summed E-state index contributed by atoms with van der Waals surface area (Å²) in [5.74, 6) is 0. The van der Waals surface area contributed by atoms with Crippen LogP contribution >= 0.6 is 15.9 Å². The van der Waals surface area contributed by atoms with Gasteiger partial charge in [0.1, 0.15) is 0 Å². The van der Waals surface area contributed by atoms with E-state index in [2.05, 4.69) is 26.2 Å². The van der Waals surface area contributed by atoms with Crippen LogP contribution in [0.2, 0.25) is 0 Å². The van der Waals surface area contributed by atoms with Gasteiger partial charge in [-0.05, 0) is 41.4 Å². The number of rotatable bonds is 5. The average molecular weight is 326 g/mol. The number of nitro benzene ring substituents is 1. The van der Waals surface area contributed by atoms with Gasteiger partial charge in [-0.15, -0.1) is 5.10 Å². The van der Waals surface area contributed by atoms with Crippen molar-refractivity contribution in [3.63, 3.8) is 0 Å². The first kappa shape index (κ1) is 13.6. The first-order valence-corrected chi connectivity index (χ1v) is 6.46. The van der Waals surface area contributed by atoms with Gasteiger partial charge >= 0.3 is 0 Å². The Bertz CT molecular complexity index is 599. The van der Waals surface area contributed by atoms with E-state index in [4.69, 9.17) is 5.73 Å². The van der Waals surface area contributed by atoms with E-state index in [1.54, 1.807) is 12.3 Å². The second kappa shape index (κ2) is 5.89. The van der Waals surface area contributed by atoms with Crippen molar-refractivity contribution in [1.82, 2.24) is 15.0 Å². The molecule has 100 valence electrons. The third-order valence-electron chi connectivity index (χ3n) is 2.57. The van der Waals surface area contributed by atoms with Crippen LogP contribution in [0.3, 0.4) is 0 Å². The van der Waals surface area contributed by atoms with Gasteiger partial charge < -0.3 is 5.73 Å². The third kappa shape index (κ3) is 3.15. The summed E-state index contributed by atoms with van der Waals surface area (Å²) in [6, 6.07) is 4.50. The zero-order chi connectivity index (χ0) is 13.8. The summed E-state index contributed by atoms with van der Waals surface area (Å²) in [4.78, 5) is 10.3. The number of hydrogen-bond donors (Lipinski definition) is 1. The minimum Gasteiger partial charge on any atom is -0.330 e. The zero-order valence-electron chi connectivity index (χ0n) is 9.99. The Labute approximate surface area is 117 Å². The topological polar surface area (TPSA) is 99.9 Å². The van der Waals surface area contributed by atoms with E-state index >= 15 is 0 Å². The standard InChI is InChI=1S/C11H12BrN5O2/c12-10-4-3-9(17(18)19)6-11(10)16-7-8(14-15-16)2-1-5-13/h3-4,6-7H,1-2,5,13H2. The Morgan fingerprint density at radius 1 is 1.47 bits per heavy atom. The van der Waals surface area contributed by atoms with Gasteiger partial charge in [-0.25, -0.2) is 4.68 Å². The summed E-state index contributed by atoms with van der Waals surface area (Å²) in [5.41, 5.74) is 6.84. The van der Waals surface area contributed by atoms with Gasteiger partial charge in [-0.1, -0.05) is 5.21 Å². The minimum absolute atomic E-state index is 0.0113. The Hall–Kier alpha value is -1.80. The van der Waals surface area contributed by atoms with Gasteiger partial charge in [0.05, 0.1) is 22.5 Å². The molecule has 0 saturated heterocycles. The van der Waals surface area contributed by atoms with Crippen LogP contribution in [0.5, 0.6) is 0 Å². The van der Waals surface area contributed by atoms with Gasteiger partial charge in [0.15, 0.2) is 0 Å². The van der Waals surface area contributed by atoms with Crippen LogP contribution in [0.25, 0.3) is 5.69 Å². The second-order valence-electron chi connectivity index (χ2n) is 3.94. The molecule has 0 spiro atoms. The van der Waals surface area contributed by atoms with Gasteiger partial charge in [-0.2, -0.15) is 0 Å². The highest BCUT2D eigenvalue weighted by Gasteiger charge is 2.12. The maximum Gasteiger partial charge on any atom is 0.271 e. The second-order valence-corrected chi connectivity index (χ2v) is 4.79. The summed E-state index contributed by atoms with van der Waals surface area (Å²) < 4.78 is 2.23. The minimum atomic E-state index is -0.442. The molecule has 0 aliphatic rings. The quantitative estimate of drug-likeness (QED) is 0.667. The van der Waals surface area contributed by atoms with Crippen LogP contribution in [0.4, 0.5) is 5.69 Å². The van der Waals surface area contributed by atoms with Crippen LogP contribution in [0.15, 0.2) is 28.9 Å². The molecule has 1 aromatic carbocycles. The summed E-state index contributed by atoms with van der Waals surface area (Å²) in [5, 5.41) is 18.8. The van der Waals surface area contributed by atoms with Crippen molar-refractivity contribution in [2.24, 2.45) is 5.73 Å². The number of non-ortho nitro benzene ring substituents is 1. The molecule has 2 aromatic rings. The number of hydrogen-bond acceptors (Lipinski definition) is 5. The number of nitro groups is 1. The van der Waals surface area contributed by atoms with E-state index in [1.807, 2.05) is 0 Å². The Morgan fingerprint density at radius 2 is 2.26 bits per heavy atom. The molecule has 1 aromatic heterocycles. The highest BCUT2D eigenvalue weighted by molar-refractivity contribution is 9.10. The van der Waals surface area contributed by atoms with Gasteiger partial charge in [-0.3, -0.25) is 10.1 Å². The normalized spacial score (nSPS) is 10.6. The van der Waals surface area contributed by atoms with Gasteiger partial charge in [0, 0.05) is 16.6 Å². The van der Waals surface area contributed by atoms with E-state index in [-0.39, 0.29) is 5.69 Å². The number of benzene rings is 1. The number of aromatic nitrogens is 3. The number of halogens is 1. The van der Waals surface area contributed by atoms with Crippen LogP contribution in [0, 0.1) is 10.1 Å². The molecule has 0 saturated carbocycles. The van der Waals surface area contributed by atoms with Crippen molar-refractivity contribution in [3.05, 3.63) is 44.7 Å². The molecule has 0 bridgehead atoms. The lowest BCUT2D eigenvalue weighted by Gasteiger charge is -2.02. The molecule has 0 aliphatic heterocycles. The molecule has 0 atom stereocenters. The lowest BCUT2D eigenvalue weighted by atomic mass is 10.2. The van der Waals surface area contributed by atoms with Crippen molar-refractivity contribution >= 4 is 21.6 Å². The molecule has 19 heavy (non-hydrogen) atoms. The number of aryl methyl sites for hydroxylation is 1. The van der Waals surface area contributed by atoms with E-state index in [9.17, 15) is 10.1 Å². The van der Waals surface area contributed by atoms with Crippen LogP contribution < -0.4 is 5.73 Å². The first-order valence-electron chi connectivity index (χ1n) is 5.67. The zero-order valence-corrected chi connectivity index (χ0v) is 11.6. The van der Waals surface area contributed by atoms with Crippen molar-refractivity contribution in [2.45, 2.75) is 12.8 Å². The maximum atomic E-state index is 10.8. The van der Waals surface area contributed by atoms with E-state index in [1.165, 1.54) is 16.8 Å². The van der Waals surface area contributed by atoms with Crippen LogP contribution in [0.1, 0.15) is 12.1 Å². The molecule has 1 heterocycles. The SMILES string of the molecule is NCCCc1cn(-c2cc([N+](=O)[O-])ccc2Br)nn1. The third-order valence-corrected chi connectivity index (χ3v) is 3.24. The largest absolute Gasteiger partial charge is 0.330 e. The Morgan fingerprint density at radius 3 is 2.95 bits per heavy atom. The molecule has 0 unspecified atom stereocenters. The lowest BCUT2D eigenvalue weighted by Crippen LogP contribution is -2.00. The Kier molecular flexibility index (Phi) is 4.23. The van der Waals surface area contributed by atoms with Gasteiger partial charge in [0.25, 0.3) is 5.69 Å². The average Bonchev–Trinajstić information content (AvgIpc) is 2.85. The molecule has 0 aliphatic carbocycles. The fourth-order valence-corrected chi connectivity index (χ4v) is 2.03. The summed E-state index contributed by atoms with van der Waals surface area (Å²) in [6.45, 7) is 0.591. The fourth-order valence-electron chi connectivity index (χ4n) is 1.60. The molecular formula is C11H12BrN5O2. The van der Waals surface area contributed by atoms with Crippen molar-refractivity contribution in [1.29, 1.82) is 0 Å². The molecule has 0 radical (unpaired) electrons. The van der Waals surface area contributed by atoms with Crippen molar-refractivity contribution in [2.75, 3.05) is 6.54 Å². The first-order chi connectivity index (χ1) is 9.11. The molecule has 0 fully saturated rings. The summed E-state index contributed by atoms with van der Waals surface area (Å²) in [6.07, 6.45) is 3.32. The molecule has 7 nitrogen and oxygen atoms in total. The summed E-state index contributed by atoms with van der Waals surface area (Å²) in [7, 11) is 0. The highest BCUT2D eigenvalue weighted by Crippen LogP contribution is 2.25. The summed E-state index contributed by atoms with van der Waals surface area (Å²) >= 11 is 3.35. The highest BCUT2D eigenvalue weighted by atomic mass is 79.9. The molecular weight excluding hydrogens is 314 g/mol. The van der Waals surface area contributed by atoms with Crippen molar-refractivity contribution < 1.29 is 4.92 Å². The van der Waals surface area contributed by atoms with Crippen molar-refractivity contribution in [3.8, 4) is 5.69 Å². The molecule has 2 N–H and O–H groups in total. The lowest BCUT2D eigenvalue weighted by molar-refractivity contribution is -0.384. The van der Waals surface area contributed by atoms with E-state index in [0.717, 1.165) is 18.5 Å². The number of nitrogens with two attached hydrogens (primary N) is 1. The number of nitrogens with zero attached hydrogens (tertiary/aromatic N) is 4. The smallest absolute Gasteiger partial charge is 0.271 e.